The van der Waals surface area contributed by atoms with Crippen molar-refractivity contribution in [3.05, 3.63) is 0 Å². The molecule has 0 unspecified atom stereocenters. The number of hydrogen-bond acceptors (Lipinski definition) is 6. The summed E-state index contributed by atoms with van der Waals surface area (Å²) < 4.78 is 16.9. The van der Waals surface area contributed by atoms with Gasteiger partial charge in [0.25, 0.3) is 0 Å². The second kappa shape index (κ2) is 55.7. The Morgan fingerprint density at radius 3 is 0.710 bits per heavy atom. The van der Waals surface area contributed by atoms with Crippen molar-refractivity contribution in [3.63, 3.8) is 0 Å². The third-order valence-electron chi connectivity index (χ3n) is 14.5. The highest BCUT2D eigenvalue weighted by Crippen LogP contribution is 2.19. The van der Waals surface area contributed by atoms with E-state index in [2.05, 4.69) is 34.6 Å². The van der Waals surface area contributed by atoms with Crippen LogP contribution >= 0.6 is 0 Å². The maximum Gasteiger partial charge on any atom is 0.306 e. The number of carbonyl (C=O) groups excluding carboxylic acids is 3. The molecule has 0 aromatic carbocycles. The van der Waals surface area contributed by atoms with E-state index in [4.69, 9.17) is 14.2 Å². The fourth-order valence-corrected chi connectivity index (χ4v) is 9.76. The van der Waals surface area contributed by atoms with Gasteiger partial charge in [0, 0.05) is 19.3 Å². The second-order valence-electron chi connectivity index (χ2n) is 22.6. The van der Waals surface area contributed by atoms with Crippen LogP contribution in [0.5, 0.6) is 0 Å². The Kier molecular flexibility index (Phi) is 54.4. The molecule has 0 heterocycles. The largest absolute Gasteiger partial charge is 0.462 e. The van der Waals surface area contributed by atoms with Crippen molar-refractivity contribution in [3.8, 4) is 0 Å². The van der Waals surface area contributed by atoms with Gasteiger partial charge in [0.1, 0.15) is 13.2 Å². The highest BCUT2D eigenvalue weighted by molar-refractivity contribution is 5.71. The minimum absolute atomic E-state index is 0.0620. The molecule has 0 aromatic rings. The Balaban J connectivity index is 4.26. The molecule has 0 amide bonds. The highest BCUT2D eigenvalue weighted by atomic mass is 16.6. The molecule has 0 aliphatic rings. The van der Waals surface area contributed by atoms with Gasteiger partial charge in [0.15, 0.2) is 6.10 Å². The quantitative estimate of drug-likeness (QED) is 0.0343. The molecule has 0 bridgehead atoms. The molecule has 0 aliphatic carbocycles. The van der Waals surface area contributed by atoms with Gasteiger partial charge in [-0.2, -0.15) is 0 Å². The fraction of sp³-hybridized carbons (Fsp3) is 0.952. The van der Waals surface area contributed by atoms with Crippen molar-refractivity contribution in [1.29, 1.82) is 0 Å². The van der Waals surface area contributed by atoms with E-state index >= 15 is 0 Å². The van der Waals surface area contributed by atoms with Gasteiger partial charge in [-0.15, -0.1) is 0 Å². The molecular weight excluding hydrogens is 853 g/mol. The Hall–Kier alpha value is -1.59. The summed E-state index contributed by atoms with van der Waals surface area (Å²) in [5, 5.41) is 0. The number of esters is 3. The second-order valence-corrected chi connectivity index (χ2v) is 22.6. The van der Waals surface area contributed by atoms with Crippen LogP contribution in [0.2, 0.25) is 0 Å². The SMILES string of the molecule is CCCCCCCCCCCCCCCC(=O)OC[C@@H](COC(=O)CCCCCCCCCCCCCCCCC(C)C)OC(=O)CCCCCCCCCCCCCCCCCCCCC(C)C. The molecule has 6 heteroatoms. The first kappa shape index (κ1) is 67.4. The van der Waals surface area contributed by atoms with Gasteiger partial charge >= 0.3 is 17.9 Å². The fourth-order valence-electron chi connectivity index (χ4n) is 9.76. The summed E-state index contributed by atoms with van der Waals surface area (Å²) in [6, 6.07) is 0. The summed E-state index contributed by atoms with van der Waals surface area (Å²) in [5.74, 6) is 0.870. The number of ether oxygens (including phenoxy) is 3. The molecule has 0 saturated carbocycles. The lowest BCUT2D eigenvalue weighted by Crippen LogP contribution is -2.30. The molecule has 0 N–H and O–H groups in total. The molecular formula is C63H122O6. The zero-order valence-electron chi connectivity index (χ0n) is 47.5. The molecule has 0 fully saturated rings. The lowest BCUT2D eigenvalue weighted by molar-refractivity contribution is -0.167. The van der Waals surface area contributed by atoms with Crippen LogP contribution in [-0.2, 0) is 28.6 Å². The van der Waals surface area contributed by atoms with Gasteiger partial charge < -0.3 is 14.2 Å². The number of hydrogen-bond donors (Lipinski definition) is 0. The summed E-state index contributed by atoms with van der Waals surface area (Å²) in [5.41, 5.74) is 0. The molecule has 410 valence electrons. The van der Waals surface area contributed by atoms with Crippen LogP contribution in [0, 0.1) is 11.8 Å². The lowest BCUT2D eigenvalue weighted by Gasteiger charge is -2.18. The van der Waals surface area contributed by atoms with Crippen LogP contribution in [0.15, 0.2) is 0 Å². The van der Waals surface area contributed by atoms with Crippen LogP contribution in [0.1, 0.15) is 356 Å². The van der Waals surface area contributed by atoms with Crippen molar-refractivity contribution >= 4 is 17.9 Å². The van der Waals surface area contributed by atoms with Gasteiger partial charge in [-0.1, -0.05) is 317 Å². The third-order valence-corrected chi connectivity index (χ3v) is 14.5. The van der Waals surface area contributed by atoms with E-state index in [1.54, 1.807) is 0 Å². The average molecular weight is 976 g/mol. The molecule has 6 nitrogen and oxygen atoms in total. The third kappa shape index (κ3) is 57.2. The summed E-state index contributed by atoms with van der Waals surface area (Å²) >= 11 is 0. The smallest absolute Gasteiger partial charge is 0.306 e. The number of unbranched alkanes of at least 4 members (excludes halogenated alkanes) is 42. The summed E-state index contributed by atoms with van der Waals surface area (Å²) in [6.45, 7) is 11.5. The minimum Gasteiger partial charge on any atom is -0.462 e. The summed E-state index contributed by atoms with van der Waals surface area (Å²) in [6.07, 6.45) is 61.0. The maximum atomic E-state index is 12.9. The van der Waals surface area contributed by atoms with Gasteiger partial charge in [-0.05, 0) is 31.1 Å². The van der Waals surface area contributed by atoms with Gasteiger partial charge in [0.05, 0.1) is 0 Å². The van der Waals surface area contributed by atoms with E-state index in [0.717, 1.165) is 69.6 Å². The average Bonchev–Trinajstić information content (AvgIpc) is 3.32. The Morgan fingerprint density at radius 1 is 0.275 bits per heavy atom. The van der Waals surface area contributed by atoms with Crippen molar-refractivity contribution < 1.29 is 28.6 Å². The monoisotopic (exact) mass is 975 g/mol. The van der Waals surface area contributed by atoms with E-state index in [1.165, 1.54) is 244 Å². The lowest BCUT2D eigenvalue weighted by atomic mass is 10.0. The zero-order chi connectivity index (χ0) is 50.4. The van der Waals surface area contributed by atoms with E-state index in [0.29, 0.717) is 19.3 Å². The maximum absolute atomic E-state index is 12.9. The highest BCUT2D eigenvalue weighted by Gasteiger charge is 2.19. The van der Waals surface area contributed by atoms with Crippen LogP contribution in [0.25, 0.3) is 0 Å². The van der Waals surface area contributed by atoms with Gasteiger partial charge in [-0.25, -0.2) is 0 Å². The van der Waals surface area contributed by atoms with E-state index in [-0.39, 0.29) is 31.1 Å². The van der Waals surface area contributed by atoms with Crippen molar-refractivity contribution in [2.45, 2.75) is 362 Å². The Labute approximate surface area is 431 Å². The van der Waals surface area contributed by atoms with Crippen LogP contribution in [0.4, 0.5) is 0 Å². The minimum atomic E-state index is -0.763. The Morgan fingerprint density at radius 2 is 0.478 bits per heavy atom. The molecule has 0 radical (unpaired) electrons. The van der Waals surface area contributed by atoms with Crippen molar-refractivity contribution in [2.75, 3.05) is 13.2 Å². The number of carbonyl (C=O) groups is 3. The molecule has 0 saturated heterocycles. The molecule has 1 atom stereocenters. The van der Waals surface area contributed by atoms with E-state index in [9.17, 15) is 14.4 Å². The zero-order valence-corrected chi connectivity index (χ0v) is 47.5. The summed E-state index contributed by atoms with van der Waals surface area (Å²) in [7, 11) is 0. The van der Waals surface area contributed by atoms with Crippen molar-refractivity contribution in [2.24, 2.45) is 11.8 Å². The standard InChI is InChI=1S/C63H122O6/c1-6-7-8-9-10-11-12-21-28-33-38-43-48-53-61(64)67-56-60(57-68-62(65)54-49-44-39-34-29-24-20-19-23-27-32-37-42-47-52-59(4)5)69-63(66)55-50-45-40-35-30-25-18-16-14-13-15-17-22-26-31-36-41-46-51-58(2)3/h58-60H,6-57H2,1-5H3/t60-/m0/s1. The van der Waals surface area contributed by atoms with Crippen molar-refractivity contribution in [1.82, 2.24) is 0 Å². The number of rotatable bonds is 57. The Bertz CT molecular complexity index is 1060. The first-order chi connectivity index (χ1) is 33.7. The predicted octanol–water partition coefficient (Wildman–Crippen LogP) is 20.8. The first-order valence-electron chi connectivity index (χ1n) is 31.2. The molecule has 0 aromatic heterocycles. The van der Waals surface area contributed by atoms with Crippen LogP contribution < -0.4 is 0 Å². The van der Waals surface area contributed by atoms with Crippen LogP contribution in [0.3, 0.4) is 0 Å². The predicted molar refractivity (Wildman–Crippen MR) is 298 cm³/mol. The molecule has 69 heavy (non-hydrogen) atoms. The van der Waals surface area contributed by atoms with E-state index < -0.39 is 6.10 Å². The topological polar surface area (TPSA) is 78.9 Å². The van der Waals surface area contributed by atoms with Gasteiger partial charge in [0.2, 0.25) is 0 Å². The summed E-state index contributed by atoms with van der Waals surface area (Å²) in [4.78, 5) is 38.2. The van der Waals surface area contributed by atoms with Crippen LogP contribution in [-0.4, -0.2) is 37.2 Å². The molecule has 0 aliphatic heterocycles. The molecule has 0 rings (SSSR count). The first-order valence-corrected chi connectivity index (χ1v) is 31.2. The van der Waals surface area contributed by atoms with E-state index in [1.807, 2.05) is 0 Å². The molecule has 0 spiro atoms. The van der Waals surface area contributed by atoms with Gasteiger partial charge in [-0.3, -0.25) is 14.4 Å². The normalized spacial score (nSPS) is 12.0.